The third-order valence-corrected chi connectivity index (χ3v) is 3.29. The number of carboxylic acid groups (broad SMARTS) is 1. The van der Waals surface area contributed by atoms with Gasteiger partial charge in [-0.1, -0.05) is 13.0 Å². The normalized spacial score (nSPS) is 17.1. The number of aromatic amines is 1. The molecule has 1 amide bonds. The van der Waals surface area contributed by atoms with Crippen LogP contribution in [-0.4, -0.2) is 40.0 Å². The largest absolute Gasteiger partial charge is 0.481 e. The number of rotatable bonds is 3. The molecule has 2 rings (SSSR count). The number of aromatic nitrogens is 1. The molecule has 1 aromatic rings. The van der Waals surface area contributed by atoms with Gasteiger partial charge in [0.25, 0.3) is 5.91 Å². The van der Waals surface area contributed by atoms with E-state index in [1.807, 2.05) is 0 Å². The molecule has 1 atom stereocenters. The van der Waals surface area contributed by atoms with Crippen LogP contribution >= 0.6 is 0 Å². The first-order valence-electron chi connectivity index (χ1n) is 5.70. The quantitative estimate of drug-likeness (QED) is 0.800. The fraction of sp³-hybridized carbons (Fsp3) is 0.417. The summed E-state index contributed by atoms with van der Waals surface area (Å²) in [5.74, 6) is -1.58. The molecule has 0 aromatic carbocycles. The number of carbonyl (C=O) groups excluding carboxylic acids is 1. The summed E-state index contributed by atoms with van der Waals surface area (Å²) in [6.45, 7) is 2.48. The minimum atomic E-state index is -0.847. The highest BCUT2D eigenvalue weighted by Crippen LogP contribution is 2.25. The van der Waals surface area contributed by atoms with Gasteiger partial charge in [0.1, 0.15) is 5.69 Å². The first kappa shape index (κ1) is 12.3. The SMILES string of the molecule is CC(C(=O)O)C1CN(C(=O)c2cccc(=O)[nH]2)C1. The lowest BCUT2D eigenvalue weighted by Gasteiger charge is -2.41. The van der Waals surface area contributed by atoms with Crippen LogP contribution in [-0.2, 0) is 4.79 Å². The number of hydrogen-bond donors (Lipinski definition) is 2. The zero-order valence-electron chi connectivity index (χ0n) is 9.92. The number of amides is 1. The molecule has 0 aliphatic carbocycles. The van der Waals surface area contributed by atoms with Crippen molar-refractivity contribution in [1.82, 2.24) is 9.88 Å². The maximum atomic E-state index is 11.9. The highest BCUT2D eigenvalue weighted by Gasteiger charge is 2.37. The van der Waals surface area contributed by atoms with Gasteiger partial charge in [-0.15, -0.1) is 0 Å². The Morgan fingerprint density at radius 3 is 2.67 bits per heavy atom. The monoisotopic (exact) mass is 250 g/mol. The van der Waals surface area contributed by atoms with Gasteiger partial charge in [0.15, 0.2) is 0 Å². The van der Waals surface area contributed by atoms with E-state index in [1.54, 1.807) is 6.92 Å². The number of carbonyl (C=O) groups is 2. The lowest BCUT2D eigenvalue weighted by atomic mass is 9.87. The van der Waals surface area contributed by atoms with Gasteiger partial charge in [-0.2, -0.15) is 0 Å². The summed E-state index contributed by atoms with van der Waals surface area (Å²) < 4.78 is 0. The van der Waals surface area contributed by atoms with Crippen LogP contribution in [0.25, 0.3) is 0 Å². The van der Waals surface area contributed by atoms with Gasteiger partial charge in [0.2, 0.25) is 5.56 Å². The molecule has 1 unspecified atom stereocenters. The van der Waals surface area contributed by atoms with E-state index < -0.39 is 11.9 Å². The van der Waals surface area contributed by atoms with Gasteiger partial charge in [-0.25, -0.2) is 0 Å². The molecule has 1 aliphatic rings. The molecule has 0 bridgehead atoms. The molecule has 0 saturated carbocycles. The van der Waals surface area contributed by atoms with Crippen LogP contribution in [0.4, 0.5) is 0 Å². The van der Waals surface area contributed by atoms with Crippen LogP contribution < -0.4 is 5.56 Å². The first-order chi connectivity index (χ1) is 8.49. The number of pyridine rings is 1. The molecule has 1 aromatic heterocycles. The fourth-order valence-electron chi connectivity index (χ4n) is 1.94. The number of nitrogens with one attached hydrogen (secondary N) is 1. The standard InChI is InChI=1S/C12H14N2O4/c1-7(12(17)18)8-5-14(6-8)11(16)9-3-2-4-10(15)13-9/h2-4,7-8H,5-6H2,1H3,(H,13,15)(H,17,18). The predicted octanol–water partition coefficient (Wildman–Crippen LogP) is 0.168. The van der Waals surface area contributed by atoms with Crippen LogP contribution in [0.2, 0.25) is 0 Å². The molecular weight excluding hydrogens is 236 g/mol. The maximum Gasteiger partial charge on any atom is 0.306 e. The molecule has 1 aliphatic heterocycles. The van der Waals surface area contributed by atoms with Crippen LogP contribution in [0, 0.1) is 11.8 Å². The second-order valence-electron chi connectivity index (χ2n) is 4.53. The third kappa shape index (κ3) is 2.27. The van der Waals surface area contributed by atoms with Crippen molar-refractivity contribution in [1.29, 1.82) is 0 Å². The summed E-state index contributed by atoms with van der Waals surface area (Å²) in [4.78, 5) is 37.8. The minimum Gasteiger partial charge on any atom is -0.481 e. The predicted molar refractivity (Wildman–Crippen MR) is 63.3 cm³/mol. The second kappa shape index (κ2) is 4.64. The molecule has 2 N–H and O–H groups in total. The number of hydrogen-bond acceptors (Lipinski definition) is 3. The van der Waals surface area contributed by atoms with Gasteiger partial charge >= 0.3 is 5.97 Å². The van der Waals surface area contributed by atoms with Crippen LogP contribution in [0.1, 0.15) is 17.4 Å². The van der Waals surface area contributed by atoms with Gasteiger partial charge in [-0.3, -0.25) is 14.4 Å². The third-order valence-electron chi connectivity index (χ3n) is 3.29. The van der Waals surface area contributed by atoms with Crippen molar-refractivity contribution in [3.8, 4) is 0 Å². The van der Waals surface area contributed by atoms with E-state index in [0.717, 1.165) is 0 Å². The van der Waals surface area contributed by atoms with Crippen molar-refractivity contribution in [2.24, 2.45) is 11.8 Å². The van der Waals surface area contributed by atoms with Gasteiger partial charge < -0.3 is 15.0 Å². The highest BCUT2D eigenvalue weighted by atomic mass is 16.4. The average Bonchev–Trinajstić information content (AvgIpc) is 2.26. The maximum absolute atomic E-state index is 11.9. The van der Waals surface area contributed by atoms with E-state index in [9.17, 15) is 14.4 Å². The number of H-pyrrole nitrogens is 1. The molecule has 18 heavy (non-hydrogen) atoms. The van der Waals surface area contributed by atoms with E-state index in [4.69, 9.17) is 5.11 Å². The Bertz CT molecular complexity index is 531. The highest BCUT2D eigenvalue weighted by molar-refractivity contribution is 5.92. The van der Waals surface area contributed by atoms with Crippen molar-refractivity contribution < 1.29 is 14.7 Å². The summed E-state index contributed by atoms with van der Waals surface area (Å²) in [6, 6.07) is 4.39. The topological polar surface area (TPSA) is 90.5 Å². The number of likely N-dealkylation sites (tertiary alicyclic amines) is 1. The van der Waals surface area contributed by atoms with Crippen LogP contribution in [0.15, 0.2) is 23.0 Å². The first-order valence-corrected chi connectivity index (χ1v) is 5.70. The van der Waals surface area contributed by atoms with Crippen molar-refractivity contribution in [3.63, 3.8) is 0 Å². The van der Waals surface area contributed by atoms with Crippen molar-refractivity contribution in [3.05, 3.63) is 34.2 Å². The molecule has 1 fully saturated rings. The fourth-order valence-corrected chi connectivity index (χ4v) is 1.94. The zero-order chi connectivity index (χ0) is 13.3. The summed E-state index contributed by atoms with van der Waals surface area (Å²) in [5.41, 5.74) is -0.0826. The smallest absolute Gasteiger partial charge is 0.306 e. The summed E-state index contributed by atoms with van der Waals surface area (Å²) in [7, 11) is 0. The summed E-state index contributed by atoms with van der Waals surface area (Å²) >= 11 is 0. The molecule has 96 valence electrons. The number of carboxylic acids is 1. The Hall–Kier alpha value is -2.11. The van der Waals surface area contributed by atoms with Crippen molar-refractivity contribution in [2.75, 3.05) is 13.1 Å². The Labute approximate surface area is 103 Å². The van der Waals surface area contributed by atoms with Gasteiger partial charge in [0, 0.05) is 25.1 Å². The van der Waals surface area contributed by atoms with E-state index >= 15 is 0 Å². The van der Waals surface area contributed by atoms with E-state index in [1.165, 1.54) is 23.1 Å². The van der Waals surface area contributed by atoms with E-state index in [2.05, 4.69) is 4.98 Å². The molecule has 2 heterocycles. The van der Waals surface area contributed by atoms with Crippen LogP contribution in [0.3, 0.4) is 0 Å². The lowest BCUT2D eigenvalue weighted by molar-refractivity contribution is -0.144. The van der Waals surface area contributed by atoms with E-state index in [-0.39, 0.29) is 23.1 Å². The van der Waals surface area contributed by atoms with Gasteiger partial charge in [-0.05, 0) is 6.07 Å². The molecule has 0 spiro atoms. The molecule has 0 radical (unpaired) electrons. The molecule has 1 saturated heterocycles. The summed E-state index contributed by atoms with van der Waals surface area (Å²) in [5, 5.41) is 8.84. The van der Waals surface area contributed by atoms with Crippen molar-refractivity contribution >= 4 is 11.9 Å². The summed E-state index contributed by atoms with van der Waals surface area (Å²) in [6.07, 6.45) is 0. The average molecular weight is 250 g/mol. The molecule has 6 heteroatoms. The Morgan fingerprint density at radius 1 is 1.44 bits per heavy atom. The number of aliphatic carboxylic acids is 1. The molecule has 6 nitrogen and oxygen atoms in total. The lowest BCUT2D eigenvalue weighted by Crippen LogP contribution is -2.53. The Morgan fingerprint density at radius 2 is 2.11 bits per heavy atom. The molecular formula is C12H14N2O4. The minimum absolute atomic E-state index is 0.0121. The van der Waals surface area contributed by atoms with Crippen LogP contribution in [0.5, 0.6) is 0 Å². The van der Waals surface area contributed by atoms with Gasteiger partial charge in [0.05, 0.1) is 5.92 Å². The Balaban J connectivity index is 1.98. The van der Waals surface area contributed by atoms with E-state index in [0.29, 0.717) is 13.1 Å². The van der Waals surface area contributed by atoms with Crippen molar-refractivity contribution in [2.45, 2.75) is 6.92 Å². The zero-order valence-corrected chi connectivity index (χ0v) is 9.92. The number of nitrogens with zero attached hydrogens (tertiary/aromatic N) is 1. The Kier molecular flexibility index (Phi) is 3.18. The second-order valence-corrected chi connectivity index (χ2v) is 4.53.